The number of benzene rings is 2. The molecule has 0 aliphatic carbocycles. The van der Waals surface area contributed by atoms with E-state index in [0.717, 1.165) is 35.7 Å². The topological polar surface area (TPSA) is 53.9 Å². The van der Waals surface area contributed by atoms with Crippen LogP contribution in [0.25, 0.3) is 0 Å². The number of carbonyl (C=O) groups is 1. The number of nitrogens with zero attached hydrogens (tertiary/aromatic N) is 2. The van der Waals surface area contributed by atoms with Crippen LogP contribution >= 0.6 is 0 Å². The molecule has 1 unspecified atom stereocenters. The second kappa shape index (κ2) is 9.02. The summed E-state index contributed by atoms with van der Waals surface area (Å²) in [5.74, 6) is 0.505. The fourth-order valence-electron chi connectivity index (χ4n) is 3.80. The molecule has 5 heteroatoms. The summed E-state index contributed by atoms with van der Waals surface area (Å²) in [5.41, 5.74) is 2.67. The summed E-state index contributed by atoms with van der Waals surface area (Å²) < 4.78 is 5.83. The van der Waals surface area contributed by atoms with Gasteiger partial charge in [-0.3, -0.25) is 9.79 Å². The van der Waals surface area contributed by atoms with Crippen molar-refractivity contribution in [3.05, 3.63) is 54.1 Å². The first-order valence-corrected chi connectivity index (χ1v) is 10.2. The monoisotopic (exact) mass is 377 g/mol. The van der Waals surface area contributed by atoms with Crippen molar-refractivity contribution >= 4 is 23.5 Å². The summed E-state index contributed by atoms with van der Waals surface area (Å²) in [5, 5.41) is 2.89. The molecule has 2 aromatic rings. The minimum absolute atomic E-state index is 0.0289. The molecule has 1 atom stereocenters. The van der Waals surface area contributed by atoms with Crippen LogP contribution < -0.4 is 10.1 Å². The van der Waals surface area contributed by atoms with Gasteiger partial charge in [0.1, 0.15) is 11.7 Å². The van der Waals surface area contributed by atoms with Crippen LogP contribution in [0.4, 0.5) is 11.4 Å². The summed E-state index contributed by atoms with van der Waals surface area (Å²) in [4.78, 5) is 19.2. The van der Waals surface area contributed by atoms with Crippen LogP contribution in [0, 0.1) is 0 Å². The Hall–Kier alpha value is -2.66. The number of ether oxygens (including phenoxy) is 1. The number of amides is 1. The zero-order valence-corrected chi connectivity index (χ0v) is 16.1. The zero-order chi connectivity index (χ0) is 19.2. The van der Waals surface area contributed by atoms with Gasteiger partial charge >= 0.3 is 0 Å². The number of unbranched alkanes of at least 4 members (excludes halogenated alkanes) is 1. The maximum Gasteiger partial charge on any atom is 0.237 e. The molecule has 2 heterocycles. The van der Waals surface area contributed by atoms with Crippen molar-refractivity contribution in [2.24, 2.45) is 4.99 Å². The number of fused-ring (bicyclic) bond motifs is 1. The fourth-order valence-corrected chi connectivity index (χ4v) is 3.80. The Morgan fingerprint density at radius 2 is 1.86 bits per heavy atom. The Morgan fingerprint density at radius 1 is 1.07 bits per heavy atom. The van der Waals surface area contributed by atoms with E-state index in [2.05, 4.69) is 15.2 Å². The van der Waals surface area contributed by atoms with Gasteiger partial charge in [0.05, 0.1) is 12.3 Å². The highest BCUT2D eigenvalue weighted by atomic mass is 16.5. The van der Waals surface area contributed by atoms with Crippen molar-refractivity contribution in [2.45, 2.75) is 31.6 Å². The average Bonchev–Trinajstić information content (AvgIpc) is 3.34. The number of rotatable bonds is 8. The molecular formula is C23H27N3O2. The van der Waals surface area contributed by atoms with Gasteiger partial charge in [0, 0.05) is 11.9 Å². The predicted molar refractivity (Wildman–Crippen MR) is 113 cm³/mol. The first-order chi connectivity index (χ1) is 13.8. The normalized spacial score (nSPS) is 19.1. The van der Waals surface area contributed by atoms with Crippen LogP contribution in [0.5, 0.6) is 5.75 Å². The minimum Gasteiger partial charge on any atom is -0.494 e. The number of carbonyl (C=O) groups excluding carboxylic acids is 1. The molecule has 0 radical (unpaired) electrons. The third-order valence-electron chi connectivity index (χ3n) is 5.38. The smallest absolute Gasteiger partial charge is 0.237 e. The van der Waals surface area contributed by atoms with Crippen molar-refractivity contribution in [3.8, 4) is 5.75 Å². The van der Waals surface area contributed by atoms with E-state index in [-0.39, 0.29) is 11.8 Å². The molecule has 2 aliphatic heterocycles. The summed E-state index contributed by atoms with van der Waals surface area (Å²) >= 11 is 0. The molecule has 0 bridgehead atoms. The molecule has 0 aromatic heterocycles. The number of nitrogens with one attached hydrogen (secondary N) is 1. The van der Waals surface area contributed by atoms with Crippen molar-refractivity contribution in [2.75, 3.05) is 31.6 Å². The molecule has 1 fully saturated rings. The quantitative estimate of drug-likeness (QED) is 0.549. The largest absolute Gasteiger partial charge is 0.494 e. The van der Waals surface area contributed by atoms with Crippen LogP contribution in [0.3, 0.4) is 0 Å². The third kappa shape index (κ3) is 4.60. The maximum atomic E-state index is 12.1. The second-order valence-electron chi connectivity index (χ2n) is 7.43. The molecule has 2 aliphatic rings. The van der Waals surface area contributed by atoms with Gasteiger partial charge in [-0.25, -0.2) is 0 Å². The van der Waals surface area contributed by atoms with Crippen LogP contribution in [0.2, 0.25) is 0 Å². The molecule has 0 saturated carbocycles. The third-order valence-corrected chi connectivity index (χ3v) is 5.38. The molecule has 146 valence electrons. The van der Waals surface area contributed by atoms with Gasteiger partial charge in [0.2, 0.25) is 5.91 Å². The summed E-state index contributed by atoms with van der Waals surface area (Å²) in [6.45, 7) is 4.46. The standard InChI is InChI=1S/C23H27N3O2/c27-23-21(20-7-1-2-8-22(20)25-23)17-24-18-9-11-19(12-10-18)28-16-6-5-15-26-13-3-4-14-26/h1-2,7-12,17,21H,3-6,13-16H2,(H,25,27). The SMILES string of the molecule is O=C1Nc2ccccc2C1C=Nc1ccc(OCCCCN2CCCC2)cc1. The molecule has 1 amide bonds. The number of hydrogen-bond donors (Lipinski definition) is 1. The number of anilines is 1. The number of aliphatic imine (C=N–C) groups is 1. The van der Waals surface area contributed by atoms with Gasteiger partial charge < -0.3 is 15.0 Å². The Balaban J connectivity index is 1.24. The molecule has 4 rings (SSSR count). The maximum absolute atomic E-state index is 12.1. The Labute approximate surface area is 166 Å². The number of para-hydroxylation sites is 1. The van der Waals surface area contributed by atoms with E-state index >= 15 is 0 Å². The van der Waals surface area contributed by atoms with E-state index in [9.17, 15) is 4.79 Å². The molecule has 1 saturated heterocycles. The lowest BCUT2D eigenvalue weighted by Crippen LogP contribution is -2.20. The zero-order valence-electron chi connectivity index (χ0n) is 16.1. The van der Waals surface area contributed by atoms with E-state index in [1.165, 1.54) is 38.9 Å². The first-order valence-electron chi connectivity index (χ1n) is 10.2. The molecule has 5 nitrogen and oxygen atoms in total. The van der Waals surface area contributed by atoms with Crippen LogP contribution in [-0.4, -0.2) is 43.3 Å². The van der Waals surface area contributed by atoms with Gasteiger partial charge in [-0.15, -0.1) is 0 Å². The van der Waals surface area contributed by atoms with E-state index in [1.54, 1.807) is 6.21 Å². The Kier molecular flexibility index (Phi) is 6.02. The fraction of sp³-hybridized carbons (Fsp3) is 0.391. The van der Waals surface area contributed by atoms with Gasteiger partial charge in [0.25, 0.3) is 0 Å². The van der Waals surface area contributed by atoms with Gasteiger partial charge in [-0.1, -0.05) is 18.2 Å². The second-order valence-corrected chi connectivity index (χ2v) is 7.43. The molecule has 2 aromatic carbocycles. The average molecular weight is 377 g/mol. The van der Waals surface area contributed by atoms with Crippen molar-refractivity contribution in [1.82, 2.24) is 4.90 Å². The van der Waals surface area contributed by atoms with E-state index in [1.807, 2.05) is 48.5 Å². The lowest BCUT2D eigenvalue weighted by atomic mass is 10.0. The van der Waals surface area contributed by atoms with Crippen molar-refractivity contribution in [1.29, 1.82) is 0 Å². The lowest BCUT2D eigenvalue weighted by Gasteiger charge is -2.14. The van der Waals surface area contributed by atoms with Crippen molar-refractivity contribution < 1.29 is 9.53 Å². The van der Waals surface area contributed by atoms with Crippen molar-refractivity contribution in [3.63, 3.8) is 0 Å². The Morgan fingerprint density at radius 3 is 2.68 bits per heavy atom. The van der Waals surface area contributed by atoms with Gasteiger partial charge in [0.15, 0.2) is 0 Å². The summed E-state index contributed by atoms with van der Waals surface area (Å²) in [6, 6.07) is 15.5. The van der Waals surface area contributed by atoms with Gasteiger partial charge in [-0.2, -0.15) is 0 Å². The molecule has 0 spiro atoms. The summed E-state index contributed by atoms with van der Waals surface area (Å²) in [6.07, 6.45) is 6.68. The Bertz CT molecular complexity index is 826. The highest BCUT2D eigenvalue weighted by Gasteiger charge is 2.28. The number of likely N-dealkylation sites (tertiary alicyclic amines) is 1. The van der Waals surface area contributed by atoms with Crippen LogP contribution in [0.1, 0.15) is 37.2 Å². The highest BCUT2D eigenvalue weighted by Crippen LogP contribution is 2.31. The molecule has 1 N–H and O–H groups in total. The highest BCUT2D eigenvalue weighted by molar-refractivity contribution is 6.12. The predicted octanol–water partition coefficient (Wildman–Crippen LogP) is 4.38. The number of hydrogen-bond acceptors (Lipinski definition) is 4. The molecular weight excluding hydrogens is 350 g/mol. The van der Waals surface area contributed by atoms with Crippen LogP contribution in [0.15, 0.2) is 53.5 Å². The minimum atomic E-state index is -0.331. The van der Waals surface area contributed by atoms with E-state index in [0.29, 0.717) is 0 Å². The summed E-state index contributed by atoms with van der Waals surface area (Å²) in [7, 11) is 0. The molecule has 28 heavy (non-hydrogen) atoms. The first kappa shape index (κ1) is 18.7. The van der Waals surface area contributed by atoms with E-state index in [4.69, 9.17) is 4.74 Å². The van der Waals surface area contributed by atoms with E-state index < -0.39 is 0 Å². The van der Waals surface area contributed by atoms with Gasteiger partial charge in [-0.05, 0) is 81.2 Å². The van der Waals surface area contributed by atoms with Crippen LogP contribution in [-0.2, 0) is 4.79 Å². The lowest BCUT2D eigenvalue weighted by molar-refractivity contribution is -0.115.